The second kappa shape index (κ2) is 5.19. The minimum atomic E-state index is 0.0315. The number of ether oxygens (including phenoxy) is 1. The number of hydrogen-bond acceptors (Lipinski definition) is 3. The zero-order valence-corrected chi connectivity index (χ0v) is 10.1. The minimum absolute atomic E-state index is 0.0315. The summed E-state index contributed by atoms with van der Waals surface area (Å²) < 4.78 is 5.16. The van der Waals surface area contributed by atoms with Gasteiger partial charge in [-0.25, -0.2) is 0 Å². The average molecular weight is 234 g/mol. The van der Waals surface area contributed by atoms with Gasteiger partial charge in [-0.3, -0.25) is 4.79 Å². The van der Waals surface area contributed by atoms with Crippen LogP contribution in [-0.4, -0.2) is 30.5 Å². The van der Waals surface area contributed by atoms with E-state index in [1.807, 2.05) is 29.2 Å². The number of amides is 1. The second-order valence-electron chi connectivity index (χ2n) is 4.42. The third-order valence-corrected chi connectivity index (χ3v) is 3.07. The highest BCUT2D eigenvalue weighted by Crippen LogP contribution is 2.17. The molecule has 1 aromatic carbocycles. The monoisotopic (exact) mass is 234 g/mol. The first-order valence-corrected chi connectivity index (χ1v) is 5.85. The summed E-state index contributed by atoms with van der Waals surface area (Å²) in [4.78, 5) is 13.6. The van der Waals surface area contributed by atoms with Gasteiger partial charge in [-0.05, 0) is 24.1 Å². The number of carbonyl (C=O) groups is 1. The summed E-state index contributed by atoms with van der Waals surface area (Å²) in [7, 11) is 1.64. The molecule has 0 spiro atoms. The number of nitrogens with two attached hydrogens (primary N) is 1. The first-order valence-electron chi connectivity index (χ1n) is 5.85. The van der Waals surface area contributed by atoms with Crippen molar-refractivity contribution in [1.29, 1.82) is 0 Å². The molecule has 0 radical (unpaired) electrons. The van der Waals surface area contributed by atoms with E-state index in [2.05, 4.69) is 0 Å². The molecule has 1 aromatic rings. The first-order chi connectivity index (χ1) is 8.19. The van der Waals surface area contributed by atoms with E-state index < -0.39 is 0 Å². The molecule has 1 saturated heterocycles. The molecule has 1 fully saturated rings. The Morgan fingerprint density at radius 2 is 2.35 bits per heavy atom. The third kappa shape index (κ3) is 2.97. The summed E-state index contributed by atoms with van der Waals surface area (Å²) in [5, 5.41) is 0. The van der Waals surface area contributed by atoms with Crippen molar-refractivity contribution < 1.29 is 9.53 Å². The lowest BCUT2D eigenvalue weighted by Crippen LogP contribution is -2.43. The number of piperidine rings is 1. The molecular formula is C13H18N2O2. The van der Waals surface area contributed by atoms with Crippen LogP contribution in [0.4, 0.5) is 0 Å². The highest BCUT2D eigenvalue weighted by atomic mass is 16.5. The van der Waals surface area contributed by atoms with Crippen molar-refractivity contribution in [3.63, 3.8) is 0 Å². The van der Waals surface area contributed by atoms with Crippen molar-refractivity contribution in [3.05, 3.63) is 29.8 Å². The topological polar surface area (TPSA) is 55.6 Å². The van der Waals surface area contributed by atoms with Gasteiger partial charge in [-0.1, -0.05) is 12.1 Å². The van der Waals surface area contributed by atoms with Gasteiger partial charge in [0.25, 0.3) is 0 Å². The maximum absolute atomic E-state index is 11.8. The number of methoxy groups -OCH3 is 1. The molecule has 2 N–H and O–H groups in total. The van der Waals surface area contributed by atoms with Crippen LogP contribution in [0.5, 0.6) is 5.75 Å². The lowest BCUT2D eigenvalue weighted by atomic mass is 10.0. The number of carbonyl (C=O) groups excluding carboxylic acids is 1. The highest BCUT2D eigenvalue weighted by molar-refractivity contribution is 5.77. The number of hydrogen-bond donors (Lipinski definition) is 1. The van der Waals surface area contributed by atoms with E-state index in [0.29, 0.717) is 13.0 Å². The molecule has 1 amide bonds. The summed E-state index contributed by atoms with van der Waals surface area (Å²) in [5.41, 5.74) is 6.85. The van der Waals surface area contributed by atoms with Gasteiger partial charge < -0.3 is 15.4 Å². The number of nitrogens with zero attached hydrogens (tertiary/aromatic N) is 1. The molecule has 0 saturated carbocycles. The summed E-state index contributed by atoms with van der Waals surface area (Å²) in [6, 6.07) is 7.84. The predicted octanol–water partition coefficient (Wildman–Crippen LogP) is 1.14. The van der Waals surface area contributed by atoms with Crippen LogP contribution in [-0.2, 0) is 11.3 Å². The molecular weight excluding hydrogens is 216 g/mol. The largest absolute Gasteiger partial charge is 0.497 e. The normalized spacial score (nSPS) is 20.5. The predicted molar refractivity (Wildman–Crippen MR) is 65.6 cm³/mol. The van der Waals surface area contributed by atoms with Crippen molar-refractivity contribution in [2.75, 3.05) is 13.7 Å². The van der Waals surface area contributed by atoms with Crippen molar-refractivity contribution >= 4 is 5.91 Å². The number of benzene rings is 1. The number of likely N-dealkylation sites (tertiary alicyclic amines) is 1. The van der Waals surface area contributed by atoms with Crippen molar-refractivity contribution in [3.8, 4) is 5.75 Å². The van der Waals surface area contributed by atoms with Crippen LogP contribution in [0.3, 0.4) is 0 Å². The first kappa shape index (κ1) is 11.9. The standard InChI is InChI=1S/C13H18N2O2/c1-17-12-4-2-3-10(7-12)9-15-6-5-11(14)8-13(15)16/h2-4,7,11H,5-6,8-9,14H2,1H3. The SMILES string of the molecule is COc1cccc(CN2CCC(N)CC2=O)c1. The maximum Gasteiger partial charge on any atom is 0.224 e. The van der Waals surface area contributed by atoms with Crippen molar-refractivity contribution in [1.82, 2.24) is 4.90 Å². The molecule has 1 aliphatic heterocycles. The van der Waals surface area contributed by atoms with Crippen molar-refractivity contribution in [2.24, 2.45) is 5.73 Å². The molecule has 92 valence electrons. The molecule has 0 bridgehead atoms. The van der Waals surface area contributed by atoms with Crippen LogP contribution < -0.4 is 10.5 Å². The summed E-state index contributed by atoms with van der Waals surface area (Å²) in [6.07, 6.45) is 1.35. The quantitative estimate of drug-likeness (QED) is 0.853. The van der Waals surface area contributed by atoms with E-state index in [1.165, 1.54) is 0 Å². The third-order valence-electron chi connectivity index (χ3n) is 3.07. The molecule has 4 heteroatoms. The lowest BCUT2D eigenvalue weighted by Gasteiger charge is -2.30. The van der Waals surface area contributed by atoms with Crippen LogP contribution >= 0.6 is 0 Å². The van der Waals surface area contributed by atoms with Gasteiger partial charge in [0, 0.05) is 25.6 Å². The molecule has 1 unspecified atom stereocenters. The maximum atomic E-state index is 11.8. The minimum Gasteiger partial charge on any atom is -0.497 e. The fourth-order valence-corrected chi connectivity index (χ4v) is 2.06. The van der Waals surface area contributed by atoms with E-state index in [-0.39, 0.29) is 11.9 Å². The van der Waals surface area contributed by atoms with Gasteiger partial charge in [0.15, 0.2) is 0 Å². The molecule has 1 atom stereocenters. The summed E-state index contributed by atoms with van der Waals surface area (Å²) in [5.74, 6) is 0.968. The fourth-order valence-electron chi connectivity index (χ4n) is 2.06. The van der Waals surface area contributed by atoms with Gasteiger partial charge in [0.1, 0.15) is 5.75 Å². The Morgan fingerprint density at radius 1 is 1.53 bits per heavy atom. The molecule has 0 aromatic heterocycles. The lowest BCUT2D eigenvalue weighted by molar-refractivity contribution is -0.134. The van der Waals surface area contributed by atoms with Crippen LogP contribution in [0.15, 0.2) is 24.3 Å². The Bertz CT molecular complexity index is 406. The van der Waals surface area contributed by atoms with E-state index in [9.17, 15) is 4.79 Å². The van der Waals surface area contributed by atoms with Gasteiger partial charge in [0.2, 0.25) is 5.91 Å². The molecule has 4 nitrogen and oxygen atoms in total. The molecule has 2 rings (SSSR count). The van der Waals surface area contributed by atoms with Gasteiger partial charge in [0.05, 0.1) is 7.11 Å². The van der Waals surface area contributed by atoms with E-state index in [0.717, 1.165) is 24.3 Å². The molecule has 1 aliphatic rings. The summed E-state index contributed by atoms with van der Waals surface area (Å²) >= 11 is 0. The zero-order valence-electron chi connectivity index (χ0n) is 10.1. The Balaban J connectivity index is 2.02. The Morgan fingerprint density at radius 3 is 3.06 bits per heavy atom. The molecule has 0 aliphatic carbocycles. The summed E-state index contributed by atoms with van der Waals surface area (Å²) in [6.45, 7) is 1.39. The average Bonchev–Trinajstić information content (AvgIpc) is 2.33. The Labute approximate surface area is 101 Å². The van der Waals surface area contributed by atoms with Crippen molar-refractivity contribution in [2.45, 2.75) is 25.4 Å². The van der Waals surface area contributed by atoms with Crippen LogP contribution in [0, 0.1) is 0 Å². The van der Waals surface area contributed by atoms with Crippen LogP contribution in [0.25, 0.3) is 0 Å². The van der Waals surface area contributed by atoms with Gasteiger partial charge in [-0.2, -0.15) is 0 Å². The Kier molecular flexibility index (Phi) is 3.64. The zero-order chi connectivity index (χ0) is 12.3. The smallest absolute Gasteiger partial charge is 0.224 e. The number of rotatable bonds is 3. The second-order valence-corrected chi connectivity index (χ2v) is 4.42. The van der Waals surface area contributed by atoms with E-state index in [4.69, 9.17) is 10.5 Å². The highest BCUT2D eigenvalue weighted by Gasteiger charge is 2.23. The Hall–Kier alpha value is -1.55. The fraction of sp³-hybridized carbons (Fsp3) is 0.462. The molecule has 17 heavy (non-hydrogen) atoms. The molecule has 1 heterocycles. The van der Waals surface area contributed by atoms with Gasteiger partial charge >= 0.3 is 0 Å². The van der Waals surface area contributed by atoms with E-state index >= 15 is 0 Å². The van der Waals surface area contributed by atoms with Crippen LogP contribution in [0.2, 0.25) is 0 Å². The van der Waals surface area contributed by atoms with Gasteiger partial charge in [-0.15, -0.1) is 0 Å². The van der Waals surface area contributed by atoms with Crippen LogP contribution in [0.1, 0.15) is 18.4 Å². The van der Waals surface area contributed by atoms with E-state index in [1.54, 1.807) is 7.11 Å².